The fourth-order valence-electron chi connectivity index (χ4n) is 8.70. The van der Waals surface area contributed by atoms with Crippen LogP contribution in [0.5, 0.6) is 0 Å². The Kier molecular flexibility index (Phi) is 6.56. The number of anilines is 3. The van der Waals surface area contributed by atoms with Crippen molar-refractivity contribution in [1.82, 2.24) is 15.0 Å². The highest BCUT2D eigenvalue weighted by molar-refractivity contribution is 6.15. The molecule has 0 aliphatic carbocycles. The molecule has 0 saturated carbocycles. The van der Waals surface area contributed by atoms with E-state index in [0.29, 0.717) is 11.4 Å². The molecule has 0 N–H and O–H groups in total. The van der Waals surface area contributed by atoms with Crippen molar-refractivity contribution in [2.75, 3.05) is 4.90 Å². The number of nitrogens with zero attached hydrogens (tertiary/aromatic N) is 4. The number of fused-ring (bicyclic) bond motifs is 7. The molecule has 0 unspecified atom stereocenters. The van der Waals surface area contributed by atoms with E-state index in [4.69, 9.17) is 19.4 Å². The number of hydrogen-bond acceptors (Lipinski definition) is 5. The summed E-state index contributed by atoms with van der Waals surface area (Å²) in [6, 6.07) is 62.0. The summed E-state index contributed by atoms with van der Waals surface area (Å²) >= 11 is 0. The van der Waals surface area contributed by atoms with Gasteiger partial charge in [-0.3, -0.25) is 4.98 Å². The van der Waals surface area contributed by atoms with Gasteiger partial charge in [-0.05, 0) is 69.8 Å². The van der Waals surface area contributed by atoms with Gasteiger partial charge in [-0.25, -0.2) is 9.97 Å². The lowest BCUT2D eigenvalue weighted by Crippen LogP contribution is -2.15. The molecule has 3 aromatic heterocycles. The first-order chi connectivity index (χ1) is 27.8. The minimum Gasteiger partial charge on any atom is -0.452 e. The minimum absolute atomic E-state index is 0.642. The van der Waals surface area contributed by atoms with E-state index in [1.54, 1.807) is 0 Å². The lowest BCUT2D eigenvalue weighted by molar-refractivity contribution is 0.667. The molecule has 0 amide bonds. The summed E-state index contributed by atoms with van der Waals surface area (Å²) in [5.41, 5.74) is 13.8. The molecule has 11 aromatic rings. The molecule has 5 heteroatoms. The van der Waals surface area contributed by atoms with E-state index in [9.17, 15) is 0 Å². The van der Waals surface area contributed by atoms with E-state index in [1.807, 2.05) is 30.5 Å². The highest BCUT2D eigenvalue weighted by Crippen LogP contribution is 2.52. The normalized spacial score (nSPS) is 12.2. The van der Waals surface area contributed by atoms with Crippen LogP contribution in [0.4, 0.5) is 17.1 Å². The summed E-state index contributed by atoms with van der Waals surface area (Å²) in [4.78, 5) is 17.9. The van der Waals surface area contributed by atoms with Crippen LogP contribution in [0.1, 0.15) is 0 Å². The maximum absolute atomic E-state index is 6.57. The van der Waals surface area contributed by atoms with Gasteiger partial charge in [0.15, 0.2) is 11.4 Å². The first-order valence-corrected chi connectivity index (χ1v) is 18.9. The number of para-hydroxylation sites is 3. The number of aromatic nitrogens is 3. The molecular formula is C51H30N4O. The SMILES string of the molecule is c1ccc2c(c1)-c1cccc3cccc(c13)N2c1cc(-c2nc(-c3ccc(-c4cccc5cccnc45)cc3)c3oc4ccccc4c3n2)c2ccccc2c1. The summed E-state index contributed by atoms with van der Waals surface area (Å²) in [5.74, 6) is 0.642. The number of furan rings is 1. The second kappa shape index (κ2) is 11.9. The molecule has 12 rings (SSSR count). The average Bonchev–Trinajstić information content (AvgIpc) is 3.64. The van der Waals surface area contributed by atoms with E-state index >= 15 is 0 Å². The number of rotatable bonds is 4. The molecule has 4 heterocycles. The van der Waals surface area contributed by atoms with Crippen LogP contribution in [-0.4, -0.2) is 15.0 Å². The second-order valence-electron chi connectivity index (χ2n) is 14.4. The first-order valence-electron chi connectivity index (χ1n) is 18.9. The van der Waals surface area contributed by atoms with Crippen LogP contribution in [0.3, 0.4) is 0 Å². The van der Waals surface area contributed by atoms with E-state index in [0.717, 1.165) is 83.2 Å². The Hall–Kier alpha value is -7.63. The van der Waals surface area contributed by atoms with E-state index < -0.39 is 0 Å². The van der Waals surface area contributed by atoms with Gasteiger partial charge < -0.3 is 9.32 Å². The third kappa shape index (κ3) is 4.58. The lowest BCUT2D eigenvalue weighted by atomic mass is 9.90. The topological polar surface area (TPSA) is 55.1 Å². The Morgan fingerprint density at radius 3 is 2.04 bits per heavy atom. The number of pyridine rings is 1. The first kappa shape index (κ1) is 30.8. The van der Waals surface area contributed by atoms with Gasteiger partial charge in [0.1, 0.15) is 16.8 Å². The van der Waals surface area contributed by atoms with Gasteiger partial charge in [0.25, 0.3) is 0 Å². The Labute approximate surface area is 321 Å². The van der Waals surface area contributed by atoms with E-state index in [1.165, 1.54) is 21.9 Å². The van der Waals surface area contributed by atoms with Gasteiger partial charge in [-0.2, -0.15) is 0 Å². The Morgan fingerprint density at radius 2 is 1.12 bits per heavy atom. The van der Waals surface area contributed by atoms with Crippen molar-refractivity contribution < 1.29 is 4.42 Å². The van der Waals surface area contributed by atoms with Gasteiger partial charge >= 0.3 is 0 Å². The Bertz CT molecular complexity index is 3370. The molecule has 1 aliphatic rings. The van der Waals surface area contributed by atoms with Crippen LogP contribution < -0.4 is 4.90 Å². The van der Waals surface area contributed by atoms with Crippen LogP contribution in [0.25, 0.3) is 99.4 Å². The Morgan fingerprint density at radius 1 is 0.446 bits per heavy atom. The average molecular weight is 715 g/mol. The van der Waals surface area contributed by atoms with Crippen molar-refractivity contribution in [1.29, 1.82) is 0 Å². The van der Waals surface area contributed by atoms with Crippen LogP contribution in [0, 0.1) is 0 Å². The number of hydrogen-bond donors (Lipinski definition) is 0. The molecule has 260 valence electrons. The third-order valence-corrected chi connectivity index (χ3v) is 11.2. The highest BCUT2D eigenvalue weighted by Gasteiger charge is 2.27. The third-order valence-electron chi connectivity index (χ3n) is 11.2. The van der Waals surface area contributed by atoms with E-state index in [2.05, 4.69) is 157 Å². The molecule has 8 aromatic carbocycles. The predicted molar refractivity (Wildman–Crippen MR) is 230 cm³/mol. The van der Waals surface area contributed by atoms with Crippen molar-refractivity contribution in [3.8, 4) is 44.9 Å². The zero-order valence-corrected chi connectivity index (χ0v) is 30.0. The molecule has 0 atom stereocenters. The molecule has 0 radical (unpaired) electrons. The molecule has 5 nitrogen and oxygen atoms in total. The fraction of sp³-hybridized carbons (Fsp3) is 0. The summed E-state index contributed by atoms with van der Waals surface area (Å²) in [6.45, 7) is 0. The van der Waals surface area contributed by atoms with Gasteiger partial charge in [0, 0.05) is 50.3 Å². The van der Waals surface area contributed by atoms with Crippen LogP contribution in [0.2, 0.25) is 0 Å². The molecule has 0 bridgehead atoms. The quantitative estimate of drug-likeness (QED) is 0.182. The van der Waals surface area contributed by atoms with Crippen molar-refractivity contribution >= 4 is 71.6 Å². The molecule has 1 aliphatic heterocycles. The van der Waals surface area contributed by atoms with Gasteiger partial charge in [-0.15, -0.1) is 0 Å². The molecule has 0 fully saturated rings. The maximum Gasteiger partial charge on any atom is 0.180 e. The van der Waals surface area contributed by atoms with Crippen molar-refractivity contribution in [3.63, 3.8) is 0 Å². The van der Waals surface area contributed by atoms with E-state index in [-0.39, 0.29) is 0 Å². The lowest BCUT2D eigenvalue weighted by Gasteiger charge is -2.34. The molecule has 0 spiro atoms. The van der Waals surface area contributed by atoms with Crippen LogP contribution in [-0.2, 0) is 0 Å². The number of benzene rings is 8. The molecular weight excluding hydrogens is 685 g/mol. The van der Waals surface area contributed by atoms with Crippen molar-refractivity contribution in [3.05, 3.63) is 182 Å². The zero-order valence-electron chi connectivity index (χ0n) is 30.0. The minimum atomic E-state index is 0.642. The van der Waals surface area contributed by atoms with Gasteiger partial charge in [0.2, 0.25) is 0 Å². The molecule has 56 heavy (non-hydrogen) atoms. The summed E-state index contributed by atoms with van der Waals surface area (Å²) in [5, 5.41) is 6.72. The van der Waals surface area contributed by atoms with Crippen LogP contribution >= 0.6 is 0 Å². The zero-order chi connectivity index (χ0) is 36.7. The second-order valence-corrected chi connectivity index (χ2v) is 14.4. The summed E-state index contributed by atoms with van der Waals surface area (Å²) in [6.07, 6.45) is 1.85. The van der Waals surface area contributed by atoms with Crippen LogP contribution in [0.15, 0.2) is 187 Å². The predicted octanol–water partition coefficient (Wildman–Crippen LogP) is 13.7. The van der Waals surface area contributed by atoms with Crippen molar-refractivity contribution in [2.45, 2.75) is 0 Å². The standard InChI is InChI=1S/C51H30N4O/c1-2-16-37-35(11-1)29-36(55-43-21-5-3-17-39(43)40-20-7-12-32-13-9-22-44(55)46(32)40)30-42(37)51-53-48(50-49(54-51)41-18-4-6-23-45(41)56-50)34-26-24-31(25-27-34)38-19-8-14-33-15-10-28-52-47(33)38/h1-30H. The summed E-state index contributed by atoms with van der Waals surface area (Å²) < 4.78 is 6.57. The highest BCUT2D eigenvalue weighted by atomic mass is 16.3. The summed E-state index contributed by atoms with van der Waals surface area (Å²) in [7, 11) is 0. The van der Waals surface area contributed by atoms with Gasteiger partial charge in [-0.1, -0.05) is 133 Å². The fourth-order valence-corrected chi connectivity index (χ4v) is 8.70. The van der Waals surface area contributed by atoms with Gasteiger partial charge in [0.05, 0.1) is 16.9 Å². The monoisotopic (exact) mass is 714 g/mol. The Balaban J connectivity index is 1.09. The smallest absolute Gasteiger partial charge is 0.180 e. The molecule has 0 saturated heterocycles. The van der Waals surface area contributed by atoms with Crippen molar-refractivity contribution in [2.24, 2.45) is 0 Å². The largest absolute Gasteiger partial charge is 0.452 e. The maximum atomic E-state index is 6.57.